The third-order valence-corrected chi connectivity index (χ3v) is 8.23. The number of para-hydroxylation sites is 1. The van der Waals surface area contributed by atoms with Gasteiger partial charge in [-0.1, -0.05) is 42.5 Å². The fourth-order valence-corrected chi connectivity index (χ4v) is 6.04. The lowest BCUT2D eigenvalue weighted by atomic mass is 9.73. The summed E-state index contributed by atoms with van der Waals surface area (Å²) in [7, 11) is 1.96. The molecular weight excluding hydrogens is 506 g/mol. The Labute approximate surface area is 234 Å². The Kier molecular flexibility index (Phi) is 7.30. The molecule has 5 heterocycles. The number of aryl methyl sites for hydroxylation is 1. The van der Waals surface area contributed by atoms with E-state index >= 15 is 0 Å². The van der Waals surface area contributed by atoms with Gasteiger partial charge in [-0.05, 0) is 24.1 Å². The molecule has 1 aromatic heterocycles. The second-order valence-corrected chi connectivity index (χ2v) is 11.0. The number of hydrogen-bond donors (Lipinski definition) is 1. The van der Waals surface area contributed by atoms with Gasteiger partial charge in [0, 0.05) is 68.6 Å². The van der Waals surface area contributed by atoms with Crippen molar-refractivity contribution in [2.24, 2.45) is 12.5 Å². The fraction of sp³-hybridized carbons (Fsp3) is 0.387. The van der Waals surface area contributed by atoms with E-state index in [9.17, 15) is 9.59 Å². The molecule has 9 heteroatoms. The fourth-order valence-electron chi connectivity index (χ4n) is 6.04. The third kappa shape index (κ3) is 5.34. The first kappa shape index (κ1) is 26.1. The number of rotatable bonds is 4. The van der Waals surface area contributed by atoms with E-state index in [0.29, 0.717) is 45.9 Å². The number of nitrogens with one attached hydrogen (secondary N) is 1. The first-order valence-corrected chi connectivity index (χ1v) is 13.9. The van der Waals surface area contributed by atoms with Crippen LogP contribution in [0, 0.1) is 5.41 Å². The second kappa shape index (κ2) is 11.2. The molecule has 4 aliphatic rings. The van der Waals surface area contributed by atoms with Gasteiger partial charge in [0.05, 0.1) is 26.3 Å². The molecule has 4 bridgehead atoms. The summed E-state index contributed by atoms with van der Waals surface area (Å²) in [5, 5.41) is 3.20. The Hall–Kier alpha value is -4.11. The largest absolute Gasteiger partial charge is 0.490 e. The zero-order valence-corrected chi connectivity index (χ0v) is 22.8. The molecular formula is C31H35N5O4. The molecule has 9 nitrogen and oxygen atoms in total. The van der Waals surface area contributed by atoms with Gasteiger partial charge in [0.25, 0.3) is 0 Å². The number of likely N-dealkylation sites (tertiary alicyclic amines) is 1. The lowest BCUT2D eigenvalue weighted by Gasteiger charge is -2.40. The van der Waals surface area contributed by atoms with E-state index < -0.39 is 5.41 Å². The van der Waals surface area contributed by atoms with Crippen molar-refractivity contribution in [2.75, 3.05) is 45.9 Å². The number of nitrogens with zero attached hydrogens (tertiary/aromatic N) is 4. The SMILES string of the molecule is Cn1ccnc1CN1CCCOc2cccc3c2OC[C@@]2(CNC(=O)C1)CN(C(=O)C=Cc1ccccc1)C[C@@H]32. The molecule has 208 valence electrons. The lowest BCUT2D eigenvalue weighted by molar-refractivity contribution is -0.125. The summed E-state index contributed by atoms with van der Waals surface area (Å²) < 4.78 is 14.6. The number of imidazole rings is 1. The van der Waals surface area contributed by atoms with Crippen LogP contribution in [0.5, 0.6) is 11.5 Å². The smallest absolute Gasteiger partial charge is 0.246 e. The van der Waals surface area contributed by atoms with Gasteiger partial charge < -0.3 is 24.3 Å². The Morgan fingerprint density at radius 3 is 2.88 bits per heavy atom. The minimum Gasteiger partial charge on any atom is -0.490 e. The Morgan fingerprint density at radius 2 is 2.05 bits per heavy atom. The van der Waals surface area contributed by atoms with E-state index in [1.807, 2.05) is 71.3 Å². The highest BCUT2D eigenvalue weighted by Crippen LogP contribution is 2.52. The summed E-state index contributed by atoms with van der Waals surface area (Å²) in [6.45, 7) is 3.90. The zero-order valence-electron chi connectivity index (χ0n) is 22.8. The molecule has 0 radical (unpaired) electrons. The zero-order chi connectivity index (χ0) is 27.5. The van der Waals surface area contributed by atoms with Crippen molar-refractivity contribution in [1.29, 1.82) is 0 Å². The van der Waals surface area contributed by atoms with Gasteiger partial charge in [-0.25, -0.2) is 4.98 Å². The van der Waals surface area contributed by atoms with Gasteiger partial charge in [-0.2, -0.15) is 0 Å². The van der Waals surface area contributed by atoms with Crippen LogP contribution < -0.4 is 14.8 Å². The number of aromatic nitrogens is 2. The maximum atomic E-state index is 13.3. The number of ether oxygens (including phenoxy) is 2. The van der Waals surface area contributed by atoms with Crippen molar-refractivity contribution in [2.45, 2.75) is 18.9 Å². The van der Waals surface area contributed by atoms with Crippen molar-refractivity contribution in [3.8, 4) is 11.5 Å². The molecule has 4 aliphatic heterocycles. The Morgan fingerprint density at radius 1 is 1.18 bits per heavy atom. The van der Waals surface area contributed by atoms with Crippen LogP contribution in [0.25, 0.3) is 6.08 Å². The molecule has 3 aromatic rings. The van der Waals surface area contributed by atoms with Crippen molar-refractivity contribution < 1.29 is 19.1 Å². The van der Waals surface area contributed by atoms with E-state index in [-0.39, 0.29) is 24.3 Å². The van der Waals surface area contributed by atoms with Gasteiger partial charge in [0.2, 0.25) is 11.8 Å². The van der Waals surface area contributed by atoms with Crippen LogP contribution in [0.2, 0.25) is 0 Å². The van der Waals surface area contributed by atoms with Crippen molar-refractivity contribution in [3.05, 3.63) is 84.0 Å². The highest BCUT2D eigenvalue weighted by atomic mass is 16.5. The summed E-state index contributed by atoms with van der Waals surface area (Å²) >= 11 is 0. The predicted octanol–water partition coefficient (Wildman–Crippen LogP) is 2.84. The monoisotopic (exact) mass is 541 g/mol. The number of carbonyl (C=O) groups excluding carboxylic acids is 2. The summed E-state index contributed by atoms with van der Waals surface area (Å²) in [6, 6.07) is 15.8. The average Bonchev–Trinajstić information content (AvgIpc) is 3.57. The molecule has 0 aliphatic carbocycles. The van der Waals surface area contributed by atoms with Crippen LogP contribution >= 0.6 is 0 Å². The molecule has 0 saturated carbocycles. The van der Waals surface area contributed by atoms with Crippen LogP contribution in [0.1, 0.15) is 29.3 Å². The van der Waals surface area contributed by atoms with E-state index in [0.717, 1.165) is 34.9 Å². The average molecular weight is 542 g/mol. The van der Waals surface area contributed by atoms with Gasteiger partial charge >= 0.3 is 0 Å². The van der Waals surface area contributed by atoms with Crippen LogP contribution in [0.3, 0.4) is 0 Å². The van der Waals surface area contributed by atoms with Crippen molar-refractivity contribution >= 4 is 17.9 Å². The van der Waals surface area contributed by atoms with Crippen LogP contribution in [0.4, 0.5) is 0 Å². The first-order chi connectivity index (χ1) is 19.5. The summed E-state index contributed by atoms with van der Waals surface area (Å²) in [4.78, 5) is 35.0. The topological polar surface area (TPSA) is 88.9 Å². The van der Waals surface area contributed by atoms with Gasteiger partial charge in [0.1, 0.15) is 5.82 Å². The number of carbonyl (C=O) groups is 2. The molecule has 2 aromatic carbocycles. The van der Waals surface area contributed by atoms with E-state index in [1.165, 1.54) is 0 Å². The van der Waals surface area contributed by atoms with Crippen LogP contribution in [-0.2, 0) is 23.2 Å². The Bertz CT molecular complexity index is 1400. The lowest BCUT2D eigenvalue weighted by Crippen LogP contribution is -2.50. The molecule has 1 spiro atoms. The quantitative estimate of drug-likeness (QED) is 0.511. The summed E-state index contributed by atoms with van der Waals surface area (Å²) in [5.41, 5.74) is 1.57. The highest BCUT2D eigenvalue weighted by molar-refractivity contribution is 5.92. The number of amides is 2. The van der Waals surface area contributed by atoms with Gasteiger partial charge in [0.15, 0.2) is 11.5 Å². The molecule has 40 heavy (non-hydrogen) atoms. The van der Waals surface area contributed by atoms with Crippen LogP contribution in [-0.4, -0.2) is 77.1 Å². The molecule has 7 rings (SSSR count). The normalized spacial score (nSPS) is 23.3. The summed E-state index contributed by atoms with van der Waals surface area (Å²) in [6.07, 6.45) is 7.92. The van der Waals surface area contributed by atoms with Crippen molar-refractivity contribution in [1.82, 2.24) is 24.7 Å². The number of hydrogen-bond acceptors (Lipinski definition) is 6. The van der Waals surface area contributed by atoms with Crippen molar-refractivity contribution in [3.63, 3.8) is 0 Å². The Balaban J connectivity index is 1.26. The molecule has 1 saturated heterocycles. The molecule has 1 fully saturated rings. The second-order valence-electron chi connectivity index (χ2n) is 11.0. The molecule has 1 N–H and O–H groups in total. The van der Waals surface area contributed by atoms with E-state index in [1.54, 1.807) is 12.3 Å². The third-order valence-electron chi connectivity index (χ3n) is 8.23. The van der Waals surface area contributed by atoms with Crippen LogP contribution in [0.15, 0.2) is 67.0 Å². The molecule has 2 amide bonds. The van der Waals surface area contributed by atoms with Gasteiger partial charge in [-0.3, -0.25) is 14.5 Å². The number of fused-ring (bicyclic) bond motifs is 9. The number of benzene rings is 2. The first-order valence-electron chi connectivity index (χ1n) is 13.9. The maximum Gasteiger partial charge on any atom is 0.246 e. The van der Waals surface area contributed by atoms with E-state index in [2.05, 4.69) is 21.3 Å². The van der Waals surface area contributed by atoms with Gasteiger partial charge in [-0.15, -0.1) is 0 Å². The van der Waals surface area contributed by atoms with E-state index in [4.69, 9.17) is 9.47 Å². The summed E-state index contributed by atoms with van der Waals surface area (Å²) in [5.74, 6) is 2.32. The molecule has 2 atom stereocenters. The highest BCUT2D eigenvalue weighted by Gasteiger charge is 2.52. The minimum absolute atomic E-state index is 0.0146. The minimum atomic E-state index is -0.438. The maximum absolute atomic E-state index is 13.3. The standard InChI is InChI=1S/C31H35N5O4/c1-34-15-13-32-27(34)18-35-14-6-16-39-26-10-5-9-24-25-17-36(29(38)12-11-23-7-3-2-4-8-23)21-31(25,22-40-30(24)26)20-33-28(37)19-35/h2-5,7-13,15,25H,6,14,16-22H2,1H3,(H,33,37)/t25-,31+/m0/s1. The predicted molar refractivity (Wildman–Crippen MR) is 151 cm³/mol. The molecule has 0 unspecified atom stereocenters.